The van der Waals surface area contributed by atoms with Crippen molar-refractivity contribution < 1.29 is 9.90 Å². The molecule has 16 heavy (non-hydrogen) atoms. The highest BCUT2D eigenvalue weighted by Gasteiger charge is 2.11. The minimum Gasteiger partial charge on any atom is -0.481 e. The summed E-state index contributed by atoms with van der Waals surface area (Å²) in [7, 11) is 0. The summed E-state index contributed by atoms with van der Waals surface area (Å²) in [6, 6.07) is 0. The number of hydrogen-bond acceptors (Lipinski definition) is 3. The standard InChI is InChI=1S/C11H19N3O2/c1-3-9(7-10(15)16)8-13-11-12-5-6-14(11)4-2/h5-6,9H,3-4,7-8H2,1-2H3,(H,12,13)(H,15,16). The summed E-state index contributed by atoms with van der Waals surface area (Å²) >= 11 is 0. The van der Waals surface area contributed by atoms with E-state index in [9.17, 15) is 4.79 Å². The van der Waals surface area contributed by atoms with E-state index in [4.69, 9.17) is 5.11 Å². The molecule has 0 spiro atoms. The Hall–Kier alpha value is -1.52. The molecular formula is C11H19N3O2. The Kier molecular flexibility index (Phi) is 4.82. The SMILES string of the molecule is CCC(CNc1nccn1CC)CC(=O)O. The minimum absolute atomic E-state index is 0.152. The summed E-state index contributed by atoms with van der Waals surface area (Å²) in [6.45, 7) is 5.56. The van der Waals surface area contributed by atoms with Gasteiger partial charge in [0.25, 0.3) is 0 Å². The first-order chi connectivity index (χ1) is 7.67. The summed E-state index contributed by atoms with van der Waals surface area (Å²) in [5, 5.41) is 11.9. The molecule has 2 N–H and O–H groups in total. The lowest BCUT2D eigenvalue weighted by Crippen LogP contribution is -2.19. The van der Waals surface area contributed by atoms with Gasteiger partial charge in [0.15, 0.2) is 0 Å². The lowest BCUT2D eigenvalue weighted by Gasteiger charge is -2.14. The van der Waals surface area contributed by atoms with Gasteiger partial charge in [-0.2, -0.15) is 0 Å². The number of aromatic nitrogens is 2. The van der Waals surface area contributed by atoms with Crippen LogP contribution in [-0.4, -0.2) is 27.2 Å². The second-order valence-electron chi connectivity index (χ2n) is 3.79. The van der Waals surface area contributed by atoms with Gasteiger partial charge in [0.1, 0.15) is 0 Å². The largest absolute Gasteiger partial charge is 0.481 e. The van der Waals surface area contributed by atoms with Gasteiger partial charge in [-0.05, 0) is 12.8 Å². The normalized spacial score (nSPS) is 12.4. The first kappa shape index (κ1) is 12.5. The van der Waals surface area contributed by atoms with Crippen molar-refractivity contribution >= 4 is 11.9 Å². The number of anilines is 1. The Morgan fingerprint density at radius 2 is 2.38 bits per heavy atom. The molecule has 0 radical (unpaired) electrons. The summed E-state index contributed by atoms with van der Waals surface area (Å²) < 4.78 is 1.99. The number of aryl methyl sites for hydroxylation is 1. The van der Waals surface area contributed by atoms with Gasteiger partial charge in [0.2, 0.25) is 5.95 Å². The highest BCUT2D eigenvalue weighted by molar-refractivity contribution is 5.67. The summed E-state index contributed by atoms with van der Waals surface area (Å²) in [5.74, 6) is 0.221. The van der Waals surface area contributed by atoms with Crippen molar-refractivity contribution in [1.29, 1.82) is 0 Å². The van der Waals surface area contributed by atoms with Crippen molar-refractivity contribution in [1.82, 2.24) is 9.55 Å². The van der Waals surface area contributed by atoms with E-state index in [0.717, 1.165) is 18.9 Å². The van der Waals surface area contributed by atoms with E-state index in [1.165, 1.54) is 0 Å². The molecule has 0 amide bonds. The van der Waals surface area contributed by atoms with Crippen molar-refractivity contribution in [2.24, 2.45) is 5.92 Å². The summed E-state index contributed by atoms with van der Waals surface area (Å²) in [5.41, 5.74) is 0. The fourth-order valence-electron chi connectivity index (χ4n) is 1.57. The molecule has 1 aromatic rings. The van der Waals surface area contributed by atoms with Crippen LogP contribution in [0.4, 0.5) is 5.95 Å². The number of carboxylic acids is 1. The zero-order valence-electron chi connectivity index (χ0n) is 9.81. The molecule has 5 nitrogen and oxygen atoms in total. The van der Waals surface area contributed by atoms with E-state index in [-0.39, 0.29) is 12.3 Å². The first-order valence-electron chi connectivity index (χ1n) is 5.64. The third kappa shape index (κ3) is 3.56. The smallest absolute Gasteiger partial charge is 0.303 e. The molecular weight excluding hydrogens is 206 g/mol. The fraction of sp³-hybridized carbons (Fsp3) is 0.636. The second kappa shape index (κ2) is 6.15. The van der Waals surface area contributed by atoms with Gasteiger partial charge in [-0.15, -0.1) is 0 Å². The molecule has 0 fully saturated rings. The average Bonchev–Trinajstić information content (AvgIpc) is 2.70. The van der Waals surface area contributed by atoms with Crippen molar-refractivity contribution in [3.05, 3.63) is 12.4 Å². The molecule has 0 aliphatic carbocycles. The Labute approximate surface area is 95.5 Å². The second-order valence-corrected chi connectivity index (χ2v) is 3.79. The third-order valence-corrected chi connectivity index (χ3v) is 2.65. The Morgan fingerprint density at radius 3 is 2.94 bits per heavy atom. The van der Waals surface area contributed by atoms with Gasteiger partial charge >= 0.3 is 5.97 Å². The maximum Gasteiger partial charge on any atom is 0.303 e. The predicted octanol–water partition coefficient (Wildman–Crippen LogP) is 1.82. The van der Waals surface area contributed by atoms with Crippen LogP contribution >= 0.6 is 0 Å². The number of rotatable bonds is 7. The monoisotopic (exact) mass is 225 g/mol. The van der Waals surface area contributed by atoms with Gasteiger partial charge in [-0.25, -0.2) is 4.98 Å². The number of carbonyl (C=O) groups is 1. The van der Waals surface area contributed by atoms with E-state index >= 15 is 0 Å². The first-order valence-corrected chi connectivity index (χ1v) is 5.64. The van der Waals surface area contributed by atoms with Crippen molar-refractivity contribution in [2.45, 2.75) is 33.2 Å². The van der Waals surface area contributed by atoms with Gasteiger partial charge in [0.05, 0.1) is 0 Å². The Morgan fingerprint density at radius 1 is 1.62 bits per heavy atom. The van der Waals surface area contributed by atoms with Crippen LogP contribution in [-0.2, 0) is 11.3 Å². The predicted molar refractivity (Wildman–Crippen MR) is 62.4 cm³/mol. The highest BCUT2D eigenvalue weighted by atomic mass is 16.4. The van der Waals surface area contributed by atoms with Crippen molar-refractivity contribution in [3.8, 4) is 0 Å². The fourth-order valence-corrected chi connectivity index (χ4v) is 1.57. The molecule has 1 aromatic heterocycles. The van der Waals surface area contributed by atoms with Gasteiger partial charge in [-0.3, -0.25) is 4.79 Å². The molecule has 0 aromatic carbocycles. The maximum atomic E-state index is 10.6. The van der Waals surface area contributed by atoms with Crippen LogP contribution < -0.4 is 5.32 Å². The third-order valence-electron chi connectivity index (χ3n) is 2.65. The molecule has 1 unspecified atom stereocenters. The van der Waals surface area contributed by atoms with Crippen molar-refractivity contribution in [3.63, 3.8) is 0 Å². The zero-order chi connectivity index (χ0) is 12.0. The van der Waals surface area contributed by atoms with E-state index in [1.54, 1.807) is 6.20 Å². The summed E-state index contributed by atoms with van der Waals surface area (Å²) in [6.07, 6.45) is 4.70. The van der Waals surface area contributed by atoms with Crippen LogP contribution in [0.15, 0.2) is 12.4 Å². The van der Waals surface area contributed by atoms with Crippen LogP contribution in [0.25, 0.3) is 0 Å². The molecule has 1 heterocycles. The van der Waals surface area contributed by atoms with E-state index in [1.807, 2.05) is 24.6 Å². The quantitative estimate of drug-likeness (QED) is 0.742. The minimum atomic E-state index is -0.743. The van der Waals surface area contributed by atoms with Crippen LogP contribution in [0.5, 0.6) is 0 Å². The lowest BCUT2D eigenvalue weighted by atomic mass is 10.0. The number of nitrogens with zero attached hydrogens (tertiary/aromatic N) is 2. The molecule has 0 aliphatic rings. The van der Waals surface area contributed by atoms with E-state index < -0.39 is 5.97 Å². The van der Waals surface area contributed by atoms with Gasteiger partial charge in [-0.1, -0.05) is 13.3 Å². The molecule has 1 atom stereocenters. The molecule has 90 valence electrons. The van der Waals surface area contributed by atoms with Crippen LogP contribution in [0.2, 0.25) is 0 Å². The highest BCUT2D eigenvalue weighted by Crippen LogP contribution is 2.10. The van der Waals surface area contributed by atoms with Gasteiger partial charge in [0, 0.05) is 31.9 Å². The van der Waals surface area contributed by atoms with Crippen LogP contribution in [0.1, 0.15) is 26.7 Å². The number of hydrogen-bond donors (Lipinski definition) is 2. The average molecular weight is 225 g/mol. The zero-order valence-corrected chi connectivity index (χ0v) is 9.81. The van der Waals surface area contributed by atoms with E-state index in [0.29, 0.717) is 6.54 Å². The number of nitrogens with one attached hydrogen (secondary N) is 1. The number of imidazole rings is 1. The van der Waals surface area contributed by atoms with Crippen molar-refractivity contribution in [2.75, 3.05) is 11.9 Å². The topological polar surface area (TPSA) is 67.2 Å². The Balaban J connectivity index is 2.46. The molecule has 0 saturated carbocycles. The lowest BCUT2D eigenvalue weighted by molar-refractivity contribution is -0.138. The Bertz CT molecular complexity index is 336. The molecule has 1 rings (SSSR count). The number of carboxylic acid groups (broad SMARTS) is 1. The van der Waals surface area contributed by atoms with Crippen LogP contribution in [0.3, 0.4) is 0 Å². The van der Waals surface area contributed by atoms with Crippen LogP contribution in [0, 0.1) is 5.92 Å². The molecule has 0 bridgehead atoms. The van der Waals surface area contributed by atoms with E-state index in [2.05, 4.69) is 10.3 Å². The molecule has 5 heteroatoms. The molecule has 0 saturated heterocycles. The summed E-state index contributed by atoms with van der Waals surface area (Å²) in [4.78, 5) is 14.8. The number of aliphatic carboxylic acids is 1. The molecule has 0 aliphatic heterocycles. The maximum absolute atomic E-state index is 10.6. The van der Waals surface area contributed by atoms with Gasteiger partial charge < -0.3 is 15.0 Å².